The Morgan fingerprint density at radius 2 is 1.95 bits per heavy atom. The molecule has 122 valence electrons. The van der Waals surface area contributed by atoms with E-state index >= 15 is 0 Å². The van der Waals surface area contributed by atoms with E-state index in [2.05, 4.69) is 25.3 Å². The molecule has 0 spiro atoms. The predicted molar refractivity (Wildman–Crippen MR) is 84.3 cm³/mol. The molecule has 0 amide bonds. The highest BCUT2D eigenvalue weighted by atomic mass is 15.5. The Labute approximate surface area is 132 Å². The van der Waals surface area contributed by atoms with Crippen LogP contribution in [0.5, 0.6) is 0 Å². The minimum absolute atomic E-state index is 0.812. The molecule has 22 heavy (non-hydrogen) atoms. The molecule has 3 aliphatic heterocycles. The number of hydrogen-bond acceptors (Lipinski definition) is 5. The fourth-order valence-electron chi connectivity index (χ4n) is 4.43. The molecule has 1 saturated carbocycles. The van der Waals surface area contributed by atoms with E-state index in [1.54, 1.807) is 6.33 Å². The Kier molecular flexibility index (Phi) is 4.39. The molecule has 1 aromatic rings. The molecule has 4 fully saturated rings. The third-order valence-electron chi connectivity index (χ3n) is 5.87. The number of fused-ring (bicyclic) bond motifs is 4. The van der Waals surface area contributed by atoms with Crippen LogP contribution >= 0.6 is 0 Å². The fraction of sp³-hybridized carbons (Fsp3) is 0.938. The van der Waals surface area contributed by atoms with Gasteiger partial charge in [0.25, 0.3) is 0 Å². The van der Waals surface area contributed by atoms with E-state index in [1.807, 2.05) is 4.68 Å². The number of nitrogens with zero attached hydrogens (tertiary/aromatic N) is 6. The molecule has 0 aromatic carbocycles. The van der Waals surface area contributed by atoms with Crippen LogP contribution in [0.2, 0.25) is 0 Å². The van der Waals surface area contributed by atoms with E-state index in [9.17, 15) is 0 Å². The lowest BCUT2D eigenvalue weighted by Gasteiger charge is -2.40. The summed E-state index contributed by atoms with van der Waals surface area (Å²) >= 11 is 0. The lowest BCUT2D eigenvalue weighted by atomic mass is 9.83. The van der Waals surface area contributed by atoms with Gasteiger partial charge in [-0.05, 0) is 60.9 Å². The van der Waals surface area contributed by atoms with Gasteiger partial charge in [-0.3, -0.25) is 4.90 Å². The molecule has 4 heterocycles. The van der Waals surface area contributed by atoms with Crippen LogP contribution in [0, 0.1) is 11.8 Å². The quantitative estimate of drug-likeness (QED) is 0.792. The van der Waals surface area contributed by atoms with Crippen molar-refractivity contribution in [3.63, 3.8) is 0 Å². The third-order valence-corrected chi connectivity index (χ3v) is 5.87. The molecule has 2 atom stereocenters. The highest BCUT2D eigenvalue weighted by molar-refractivity contribution is 4.91. The Balaban J connectivity index is 1.28. The lowest BCUT2D eigenvalue weighted by Crippen LogP contribution is -2.47. The largest absolute Gasteiger partial charge is 0.301 e. The highest BCUT2D eigenvalue weighted by Gasteiger charge is 2.36. The summed E-state index contributed by atoms with van der Waals surface area (Å²) in [6.07, 6.45) is 10.1. The molecule has 6 heteroatoms. The molecule has 1 aromatic heterocycles. The Morgan fingerprint density at radius 1 is 1.00 bits per heavy atom. The van der Waals surface area contributed by atoms with Crippen molar-refractivity contribution in [3.8, 4) is 0 Å². The van der Waals surface area contributed by atoms with Crippen LogP contribution in [0.15, 0.2) is 6.33 Å². The van der Waals surface area contributed by atoms with Crippen LogP contribution in [-0.2, 0) is 6.54 Å². The second-order valence-electron chi connectivity index (χ2n) is 7.53. The Bertz CT molecular complexity index is 457. The van der Waals surface area contributed by atoms with Crippen LogP contribution in [0.4, 0.5) is 0 Å². The maximum atomic E-state index is 3.95. The van der Waals surface area contributed by atoms with Crippen molar-refractivity contribution in [1.29, 1.82) is 0 Å². The molecule has 6 nitrogen and oxygen atoms in total. The maximum Gasteiger partial charge on any atom is 0.138 e. The zero-order valence-electron chi connectivity index (χ0n) is 13.5. The van der Waals surface area contributed by atoms with Crippen molar-refractivity contribution < 1.29 is 0 Å². The SMILES string of the molecule is c1nnnn1CCCN1C[C@@H]2CC[C@H](C1)N(CC1CCC1)C2. The van der Waals surface area contributed by atoms with Crippen LogP contribution in [0.1, 0.15) is 38.5 Å². The van der Waals surface area contributed by atoms with Gasteiger partial charge < -0.3 is 4.90 Å². The van der Waals surface area contributed by atoms with Crippen molar-refractivity contribution in [2.45, 2.75) is 51.1 Å². The number of rotatable bonds is 6. The number of piperidine rings is 1. The van der Waals surface area contributed by atoms with Crippen LogP contribution in [0.25, 0.3) is 0 Å². The number of aromatic nitrogens is 4. The molecule has 5 rings (SSSR count). The van der Waals surface area contributed by atoms with Gasteiger partial charge in [0.05, 0.1) is 0 Å². The molecule has 3 saturated heterocycles. The molecule has 4 aliphatic rings. The summed E-state index contributed by atoms with van der Waals surface area (Å²) in [4.78, 5) is 5.53. The van der Waals surface area contributed by atoms with Crippen molar-refractivity contribution in [3.05, 3.63) is 6.33 Å². The first-order valence-electron chi connectivity index (χ1n) is 9.04. The van der Waals surface area contributed by atoms with Crippen molar-refractivity contribution in [2.75, 3.05) is 32.7 Å². The summed E-state index contributed by atoms with van der Waals surface area (Å²) in [6, 6.07) is 0.812. The molecular formula is C16H28N6. The second-order valence-corrected chi connectivity index (χ2v) is 7.53. The molecule has 2 bridgehead atoms. The first-order valence-corrected chi connectivity index (χ1v) is 9.04. The minimum Gasteiger partial charge on any atom is -0.301 e. The monoisotopic (exact) mass is 304 g/mol. The van der Waals surface area contributed by atoms with Gasteiger partial charge in [0, 0.05) is 38.8 Å². The van der Waals surface area contributed by atoms with Gasteiger partial charge in [0.2, 0.25) is 0 Å². The standard InChI is InChI=1S/C16H28N6/c1-3-14(4-1)10-21-11-15-5-6-16(21)12-20(9-15)7-2-8-22-13-17-18-19-22/h13-16H,1-12H2/t15-,16+/m0/s1. The highest BCUT2D eigenvalue weighted by Crippen LogP contribution is 2.33. The molecule has 1 aliphatic carbocycles. The van der Waals surface area contributed by atoms with E-state index in [0.29, 0.717) is 0 Å². The van der Waals surface area contributed by atoms with Crippen molar-refractivity contribution >= 4 is 0 Å². The topological polar surface area (TPSA) is 50.1 Å². The average Bonchev–Trinajstić information content (AvgIpc) is 2.84. The van der Waals surface area contributed by atoms with Crippen LogP contribution in [-0.4, -0.2) is 68.8 Å². The number of hydrogen-bond donors (Lipinski definition) is 0. The predicted octanol–water partition coefficient (Wildman–Crippen LogP) is 1.26. The summed E-state index contributed by atoms with van der Waals surface area (Å²) in [7, 11) is 0. The van der Waals surface area contributed by atoms with Crippen LogP contribution < -0.4 is 0 Å². The van der Waals surface area contributed by atoms with Gasteiger partial charge in [0.15, 0.2) is 0 Å². The first kappa shape index (κ1) is 14.6. The minimum atomic E-state index is 0.812. The molecule has 0 N–H and O–H groups in total. The van der Waals surface area contributed by atoms with E-state index in [1.165, 1.54) is 64.8 Å². The summed E-state index contributed by atoms with van der Waals surface area (Å²) in [5.74, 6) is 1.90. The summed E-state index contributed by atoms with van der Waals surface area (Å²) in [6.45, 7) is 7.42. The molecule has 0 radical (unpaired) electrons. The average molecular weight is 304 g/mol. The van der Waals surface area contributed by atoms with Gasteiger partial charge in [-0.1, -0.05) is 6.42 Å². The third kappa shape index (κ3) is 3.33. The lowest BCUT2D eigenvalue weighted by molar-refractivity contribution is 0.0892. The summed E-state index contributed by atoms with van der Waals surface area (Å²) in [5.41, 5.74) is 0. The zero-order valence-corrected chi connectivity index (χ0v) is 13.5. The van der Waals surface area contributed by atoms with Crippen LogP contribution in [0.3, 0.4) is 0 Å². The van der Waals surface area contributed by atoms with Gasteiger partial charge in [0.1, 0.15) is 6.33 Å². The summed E-state index contributed by atoms with van der Waals surface area (Å²) < 4.78 is 1.84. The smallest absolute Gasteiger partial charge is 0.138 e. The maximum absolute atomic E-state index is 3.95. The van der Waals surface area contributed by atoms with Gasteiger partial charge in [-0.15, -0.1) is 5.10 Å². The van der Waals surface area contributed by atoms with Gasteiger partial charge in [-0.25, -0.2) is 4.68 Å². The van der Waals surface area contributed by atoms with Gasteiger partial charge >= 0.3 is 0 Å². The first-order chi connectivity index (χ1) is 10.9. The fourth-order valence-corrected chi connectivity index (χ4v) is 4.43. The van der Waals surface area contributed by atoms with Crippen molar-refractivity contribution in [1.82, 2.24) is 30.0 Å². The van der Waals surface area contributed by atoms with E-state index in [-0.39, 0.29) is 0 Å². The van der Waals surface area contributed by atoms with E-state index in [0.717, 1.165) is 30.8 Å². The second kappa shape index (κ2) is 6.62. The molecular weight excluding hydrogens is 276 g/mol. The Morgan fingerprint density at radius 3 is 2.73 bits per heavy atom. The van der Waals surface area contributed by atoms with Crippen molar-refractivity contribution in [2.24, 2.45) is 11.8 Å². The molecule has 0 unspecified atom stereocenters. The number of aryl methyl sites for hydroxylation is 1. The summed E-state index contributed by atoms with van der Waals surface area (Å²) in [5, 5.41) is 11.3. The van der Waals surface area contributed by atoms with E-state index in [4.69, 9.17) is 0 Å². The van der Waals surface area contributed by atoms with E-state index < -0.39 is 0 Å². The number of tetrazole rings is 1. The zero-order chi connectivity index (χ0) is 14.8. The Hall–Kier alpha value is -1.01. The normalized spacial score (nSPS) is 30.4. The van der Waals surface area contributed by atoms with Gasteiger partial charge in [-0.2, -0.15) is 0 Å².